The number of imidazole rings is 2. The molecule has 1 saturated heterocycles. The number of carbonyl (C=O) groups is 1. The van der Waals surface area contributed by atoms with Crippen LogP contribution in [0.25, 0.3) is 22.6 Å². The fourth-order valence-corrected chi connectivity index (χ4v) is 4.40. The van der Waals surface area contributed by atoms with Crippen molar-refractivity contribution in [3.05, 3.63) is 41.5 Å². The number of rotatable bonds is 4. The second-order valence-electron chi connectivity index (χ2n) is 8.90. The van der Waals surface area contributed by atoms with Gasteiger partial charge in [0.05, 0.1) is 11.4 Å². The Morgan fingerprint density at radius 2 is 1.74 bits per heavy atom. The van der Waals surface area contributed by atoms with Crippen LogP contribution in [0.1, 0.15) is 35.7 Å². The molecule has 5 heterocycles. The number of ether oxygens (including phenoxy) is 2. The summed E-state index contributed by atoms with van der Waals surface area (Å²) in [6.45, 7) is 4.43. The van der Waals surface area contributed by atoms with E-state index in [4.69, 9.17) is 0 Å². The summed E-state index contributed by atoms with van der Waals surface area (Å²) < 4.78 is 89.4. The molecule has 0 unspecified atom stereocenters. The van der Waals surface area contributed by atoms with Crippen molar-refractivity contribution >= 4 is 17.3 Å². The first-order valence-electron chi connectivity index (χ1n) is 11.5. The number of piperidine rings is 1. The minimum absolute atomic E-state index is 0.0341. The van der Waals surface area contributed by atoms with Crippen LogP contribution in [-0.2, 0) is 4.79 Å². The lowest BCUT2D eigenvalue weighted by atomic mass is 9.95. The average Bonchev–Trinajstić information content (AvgIpc) is 3.40. The Morgan fingerprint density at radius 1 is 1.03 bits per heavy atom. The van der Waals surface area contributed by atoms with Gasteiger partial charge >= 0.3 is 18.5 Å². The van der Waals surface area contributed by atoms with E-state index in [2.05, 4.69) is 29.9 Å². The summed E-state index contributed by atoms with van der Waals surface area (Å²) in [5.41, 5.74) is 1.29. The van der Waals surface area contributed by atoms with Gasteiger partial charge in [-0.25, -0.2) is 14.8 Å². The number of hydrogen-bond acceptors (Lipinski definition) is 7. The van der Waals surface area contributed by atoms with Gasteiger partial charge in [0.1, 0.15) is 5.69 Å². The van der Waals surface area contributed by atoms with Gasteiger partial charge in [0.15, 0.2) is 17.0 Å². The third kappa shape index (κ3) is 4.97. The molecule has 0 saturated carbocycles. The smallest absolute Gasteiger partial charge is 0.402 e. The van der Waals surface area contributed by atoms with Crippen molar-refractivity contribution in [3.63, 3.8) is 0 Å². The van der Waals surface area contributed by atoms with Gasteiger partial charge in [-0.15, -0.1) is 13.2 Å². The fraction of sp³-hybridized carbons (Fsp3) is 0.391. The van der Waals surface area contributed by atoms with Crippen molar-refractivity contribution < 1.29 is 40.6 Å². The van der Waals surface area contributed by atoms with Crippen LogP contribution in [0.4, 0.5) is 26.3 Å². The number of pyridine rings is 1. The van der Waals surface area contributed by atoms with Crippen molar-refractivity contribution in [1.82, 2.24) is 29.3 Å². The Hall–Kier alpha value is -3.88. The minimum Gasteiger partial charge on any atom is -0.402 e. The maximum absolute atomic E-state index is 13.3. The number of esters is 1. The molecule has 9 nitrogen and oxygen atoms in total. The Kier molecular flexibility index (Phi) is 6.20. The van der Waals surface area contributed by atoms with Crippen LogP contribution in [0.3, 0.4) is 0 Å². The molecule has 0 radical (unpaired) electrons. The number of hydrogen-bond donors (Lipinski definition) is 1. The topological polar surface area (TPSA) is 95.1 Å². The zero-order valence-corrected chi connectivity index (χ0v) is 19.9. The molecular formula is C23H20F6N6O3. The summed E-state index contributed by atoms with van der Waals surface area (Å²) in [7, 11) is 0. The molecule has 1 aliphatic rings. The monoisotopic (exact) mass is 542 g/mol. The van der Waals surface area contributed by atoms with Gasteiger partial charge < -0.3 is 19.2 Å². The highest BCUT2D eigenvalue weighted by Gasteiger charge is 2.42. The zero-order chi connectivity index (χ0) is 27.4. The molecule has 4 aromatic rings. The molecule has 0 spiro atoms. The number of alkyl halides is 6. The van der Waals surface area contributed by atoms with Crippen LogP contribution in [0, 0.1) is 13.8 Å². The van der Waals surface area contributed by atoms with Gasteiger partial charge in [-0.2, -0.15) is 22.8 Å². The summed E-state index contributed by atoms with van der Waals surface area (Å²) >= 11 is 0. The molecular weight excluding hydrogens is 522 g/mol. The third-order valence-electron chi connectivity index (χ3n) is 6.13. The number of nitrogens with zero attached hydrogens (tertiary/aromatic N) is 5. The van der Waals surface area contributed by atoms with E-state index in [1.807, 2.05) is 0 Å². The molecule has 0 aliphatic carbocycles. The average molecular weight is 542 g/mol. The Morgan fingerprint density at radius 3 is 2.39 bits per heavy atom. The highest BCUT2D eigenvalue weighted by atomic mass is 19.4. The number of carbonyl (C=O) groups excluding carboxylic acids is 1. The van der Waals surface area contributed by atoms with Crippen LogP contribution in [0.5, 0.6) is 11.6 Å². The first-order valence-corrected chi connectivity index (χ1v) is 11.5. The molecule has 1 N–H and O–H groups in total. The molecule has 1 aliphatic heterocycles. The first-order chi connectivity index (χ1) is 17.8. The SMILES string of the molecule is Cc1nc2c(C)cc(-c3cc(OC(F)(F)F)c4nc(C5CCNCC5)cn4c3)nn2c1OC(=O)C(F)(F)F. The van der Waals surface area contributed by atoms with Gasteiger partial charge in [0.2, 0.25) is 5.88 Å². The van der Waals surface area contributed by atoms with E-state index in [1.165, 1.54) is 23.6 Å². The predicted molar refractivity (Wildman–Crippen MR) is 120 cm³/mol. The predicted octanol–water partition coefficient (Wildman–Crippen LogP) is 4.49. The quantitative estimate of drug-likeness (QED) is 0.300. The molecule has 15 heteroatoms. The highest BCUT2D eigenvalue weighted by molar-refractivity contribution is 5.78. The van der Waals surface area contributed by atoms with Crippen LogP contribution < -0.4 is 14.8 Å². The Bertz CT molecular complexity index is 1530. The van der Waals surface area contributed by atoms with Crippen LogP contribution in [-0.4, -0.2) is 55.6 Å². The standard InChI is InChI=1S/C23H20F6N6O3/c1-11-7-15(33-35-18(11)31-12(2)20(35)37-21(36)22(24,25)26)14-8-17(38-23(27,28)29)19-32-16(10-34(19)9-14)13-3-5-30-6-4-13/h7-10,13,30H,3-6H2,1-2H3. The van der Waals surface area contributed by atoms with Crippen molar-refractivity contribution in [2.45, 2.75) is 45.1 Å². The normalized spacial score (nSPS) is 15.4. The lowest BCUT2D eigenvalue weighted by Crippen LogP contribution is -2.28. The van der Waals surface area contributed by atoms with Crippen molar-refractivity contribution in [2.24, 2.45) is 0 Å². The van der Waals surface area contributed by atoms with Crippen LogP contribution in [0.15, 0.2) is 24.5 Å². The van der Waals surface area contributed by atoms with Crippen LogP contribution in [0.2, 0.25) is 0 Å². The number of aryl methyl sites for hydroxylation is 2. The minimum atomic E-state index is -5.26. The summed E-state index contributed by atoms with van der Waals surface area (Å²) in [5.74, 6) is -3.54. The summed E-state index contributed by atoms with van der Waals surface area (Å²) in [6, 6.07) is 2.60. The second-order valence-corrected chi connectivity index (χ2v) is 8.90. The maximum atomic E-state index is 13.3. The van der Waals surface area contributed by atoms with Crippen molar-refractivity contribution in [2.75, 3.05) is 13.1 Å². The largest absolute Gasteiger partial charge is 0.573 e. The van der Waals surface area contributed by atoms with E-state index in [0.717, 1.165) is 36.5 Å². The zero-order valence-electron chi connectivity index (χ0n) is 19.9. The summed E-state index contributed by atoms with van der Waals surface area (Å²) in [6.07, 6.45) is -5.61. The van der Waals surface area contributed by atoms with E-state index in [-0.39, 0.29) is 34.2 Å². The molecule has 38 heavy (non-hydrogen) atoms. The molecule has 5 rings (SSSR count). The van der Waals surface area contributed by atoms with Crippen molar-refractivity contribution in [3.8, 4) is 22.9 Å². The fourth-order valence-electron chi connectivity index (χ4n) is 4.40. The molecule has 1 fully saturated rings. The van der Waals surface area contributed by atoms with E-state index in [0.29, 0.717) is 11.3 Å². The molecule has 202 valence electrons. The van der Waals surface area contributed by atoms with E-state index in [1.54, 1.807) is 13.1 Å². The number of halogens is 6. The molecule has 0 bridgehead atoms. The summed E-state index contributed by atoms with van der Waals surface area (Å²) in [5, 5.41) is 7.45. The van der Waals surface area contributed by atoms with Crippen LogP contribution >= 0.6 is 0 Å². The van der Waals surface area contributed by atoms with E-state index in [9.17, 15) is 31.1 Å². The molecule has 0 atom stereocenters. The van der Waals surface area contributed by atoms with Gasteiger partial charge in [-0.1, -0.05) is 0 Å². The van der Waals surface area contributed by atoms with Gasteiger partial charge in [0, 0.05) is 23.9 Å². The number of fused-ring (bicyclic) bond motifs is 2. The number of nitrogens with one attached hydrogen (secondary N) is 1. The van der Waals surface area contributed by atoms with E-state index < -0.39 is 30.1 Å². The second kappa shape index (κ2) is 9.15. The Balaban J connectivity index is 1.64. The van der Waals surface area contributed by atoms with Gasteiger partial charge in [-0.3, -0.25) is 0 Å². The lowest BCUT2D eigenvalue weighted by Gasteiger charge is -2.20. The third-order valence-corrected chi connectivity index (χ3v) is 6.13. The van der Waals surface area contributed by atoms with Crippen molar-refractivity contribution in [1.29, 1.82) is 0 Å². The van der Waals surface area contributed by atoms with Gasteiger partial charge in [0.25, 0.3) is 0 Å². The molecule has 4 aromatic heterocycles. The maximum Gasteiger partial charge on any atom is 0.573 e. The van der Waals surface area contributed by atoms with Gasteiger partial charge in [-0.05, 0) is 57.5 Å². The molecule has 0 amide bonds. The Labute approximate surface area is 210 Å². The lowest BCUT2D eigenvalue weighted by molar-refractivity contribution is -0.274. The van der Waals surface area contributed by atoms with E-state index >= 15 is 0 Å². The summed E-state index contributed by atoms with van der Waals surface area (Å²) in [4.78, 5) is 20.0. The molecule has 0 aromatic carbocycles. The first kappa shape index (κ1) is 25.8. The number of aromatic nitrogens is 5. The highest BCUT2D eigenvalue weighted by Crippen LogP contribution is 2.35.